The first-order chi connectivity index (χ1) is 13.0. The lowest BCUT2D eigenvalue weighted by atomic mass is 9.93. The van der Waals surface area contributed by atoms with E-state index in [0.29, 0.717) is 31.1 Å². The van der Waals surface area contributed by atoms with Gasteiger partial charge < -0.3 is 20.1 Å². The number of nitrogens with one attached hydrogen (secondary N) is 2. The quantitative estimate of drug-likeness (QED) is 0.794. The minimum Gasteiger partial charge on any atom is -0.376 e. The van der Waals surface area contributed by atoms with Crippen LogP contribution in [0, 0.1) is 6.92 Å². The average molecular weight is 368 g/mol. The second-order valence-corrected chi connectivity index (χ2v) is 6.65. The SMILES string of the molecule is CC(=O)c1ccc(NC(=O)NCC2(c3ccccc3)COCCO2)cc1C. The van der Waals surface area contributed by atoms with Crippen molar-refractivity contribution in [1.29, 1.82) is 0 Å². The number of hydrogen-bond acceptors (Lipinski definition) is 4. The molecule has 1 aliphatic rings. The van der Waals surface area contributed by atoms with Gasteiger partial charge in [-0.3, -0.25) is 4.79 Å². The molecule has 0 saturated carbocycles. The van der Waals surface area contributed by atoms with Crippen LogP contribution in [-0.2, 0) is 15.1 Å². The third-order valence-corrected chi connectivity index (χ3v) is 4.64. The topological polar surface area (TPSA) is 76.7 Å². The van der Waals surface area contributed by atoms with Gasteiger partial charge in [0.2, 0.25) is 0 Å². The molecule has 1 aliphatic heterocycles. The lowest BCUT2D eigenvalue weighted by Crippen LogP contribution is -2.50. The number of carbonyl (C=O) groups is 2. The van der Waals surface area contributed by atoms with Crippen LogP contribution in [0.25, 0.3) is 0 Å². The maximum absolute atomic E-state index is 12.4. The molecule has 0 aromatic heterocycles. The fourth-order valence-electron chi connectivity index (χ4n) is 3.22. The van der Waals surface area contributed by atoms with Crippen LogP contribution in [0.2, 0.25) is 0 Å². The number of Topliss-reactive ketones (excluding diaryl/α,β-unsaturated/α-hetero) is 1. The lowest BCUT2D eigenvalue weighted by molar-refractivity contribution is -0.159. The Hall–Kier alpha value is -2.70. The zero-order chi connectivity index (χ0) is 19.3. The maximum Gasteiger partial charge on any atom is 0.319 e. The minimum atomic E-state index is -0.703. The van der Waals surface area contributed by atoms with Gasteiger partial charge in [-0.25, -0.2) is 4.79 Å². The summed E-state index contributed by atoms with van der Waals surface area (Å²) in [5.74, 6) is 0.00255. The minimum absolute atomic E-state index is 0.00255. The molecule has 2 amide bonds. The molecule has 2 aromatic carbocycles. The molecule has 0 spiro atoms. The second-order valence-electron chi connectivity index (χ2n) is 6.65. The Balaban J connectivity index is 1.66. The number of hydrogen-bond donors (Lipinski definition) is 2. The summed E-state index contributed by atoms with van der Waals surface area (Å²) >= 11 is 0. The molecule has 0 radical (unpaired) electrons. The Labute approximate surface area is 158 Å². The maximum atomic E-state index is 12.4. The number of carbonyl (C=O) groups excluding carboxylic acids is 2. The van der Waals surface area contributed by atoms with E-state index < -0.39 is 5.60 Å². The molecule has 1 heterocycles. The predicted molar refractivity (Wildman–Crippen MR) is 103 cm³/mol. The molecule has 2 aromatic rings. The Kier molecular flexibility index (Phi) is 5.88. The number of ketones is 1. The molecular formula is C21H24N2O4. The summed E-state index contributed by atoms with van der Waals surface area (Å²) in [5.41, 5.74) is 2.36. The fourth-order valence-corrected chi connectivity index (χ4v) is 3.22. The third-order valence-electron chi connectivity index (χ3n) is 4.64. The van der Waals surface area contributed by atoms with Crippen molar-refractivity contribution in [3.8, 4) is 0 Å². The Bertz CT molecular complexity index is 814. The molecular weight excluding hydrogens is 344 g/mol. The number of aryl methyl sites for hydroxylation is 1. The highest BCUT2D eigenvalue weighted by Gasteiger charge is 2.36. The smallest absolute Gasteiger partial charge is 0.319 e. The van der Waals surface area contributed by atoms with E-state index in [1.54, 1.807) is 18.2 Å². The lowest BCUT2D eigenvalue weighted by Gasteiger charge is -2.37. The van der Waals surface area contributed by atoms with Crippen LogP contribution in [-0.4, -0.2) is 38.2 Å². The van der Waals surface area contributed by atoms with Crippen LogP contribution in [0.1, 0.15) is 28.4 Å². The summed E-state index contributed by atoms with van der Waals surface area (Å²) in [5, 5.41) is 5.67. The van der Waals surface area contributed by atoms with Crippen molar-refractivity contribution in [3.63, 3.8) is 0 Å². The van der Waals surface area contributed by atoms with E-state index in [4.69, 9.17) is 9.47 Å². The number of benzene rings is 2. The van der Waals surface area contributed by atoms with Gasteiger partial charge in [0.1, 0.15) is 5.60 Å². The highest BCUT2D eigenvalue weighted by molar-refractivity contribution is 5.96. The summed E-state index contributed by atoms with van der Waals surface area (Å²) in [7, 11) is 0. The van der Waals surface area contributed by atoms with Crippen molar-refractivity contribution in [3.05, 3.63) is 65.2 Å². The van der Waals surface area contributed by atoms with E-state index in [9.17, 15) is 9.59 Å². The number of anilines is 1. The van der Waals surface area contributed by atoms with Crippen LogP contribution < -0.4 is 10.6 Å². The van der Waals surface area contributed by atoms with Crippen LogP contribution in [0.15, 0.2) is 48.5 Å². The highest BCUT2D eigenvalue weighted by Crippen LogP contribution is 2.28. The summed E-state index contributed by atoms with van der Waals surface area (Å²) in [6, 6.07) is 14.6. The van der Waals surface area contributed by atoms with Crippen LogP contribution in [0.4, 0.5) is 10.5 Å². The van der Waals surface area contributed by atoms with Crippen LogP contribution in [0.3, 0.4) is 0 Å². The highest BCUT2D eigenvalue weighted by atomic mass is 16.6. The van der Waals surface area contributed by atoms with Gasteiger partial charge in [0.05, 0.1) is 26.4 Å². The van der Waals surface area contributed by atoms with Crippen molar-refractivity contribution in [1.82, 2.24) is 5.32 Å². The van der Waals surface area contributed by atoms with Gasteiger partial charge in [0, 0.05) is 11.3 Å². The van der Waals surface area contributed by atoms with Crippen molar-refractivity contribution in [2.24, 2.45) is 0 Å². The molecule has 27 heavy (non-hydrogen) atoms. The molecule has 142 valence electrons. The molecule has 2 N–H and O–H groups in total. The molecule has 0 aliphatic carbocycles. The van der Waals surface area contributed by atoms with Gasteiger partial charge in [-0.15, -0.1) is 0 Å². The van der Waals surface area contributed by atoms with Gasteiger partial charge in [-0.2, -0.15) is 0 Å². The average Bonchev–Trinajstić information content (AvgIpc) is 2.68. The first-order valence-electron chi connectivity index (χ1n) is 8.94. The van der Waals surface area contributed by atoms with Gasteiger partial charge >= 0.3 is 6.03 Å². The van der Waals surface area contributed by atoms with E-state index in [-0.39, 0.29) is 18.4 Å². The van der Waals surface area contributed by atoms with Crippen molar-refractivity contribution < 1.29 is 19.1 Å². The van der Waals surface area contributed by atoms with E-state index in [1.165, 1.54) is 6.92 Å². The van der Waals surface area contributed by atoms with Gasteiger partial charge in [0.15, 0.2) is 5.78 Å². The number of amides is 2. The molecule has 1 fully saturated rings. The van der Waals surface area contributed by atoms with Gasteiger partial charge in [-0.1, -0.05) is 30.3 Å². The first-order valence-corrected chi connectivity index (χ1v) is 8.94. The van der Waals surface area contributed by atoms with Crippen LogP contribution in [0.5, 0.6) is 0 Å². The van der Waals surface area contributed by atoms with Crippen molar-refractivity contribution >= 4 is 17.5 Å². The molecule has 1 atom stereocenters. The largest absolute Gasteiger partial charge is 0.376 e. The molecule has 6 heteroatoms. The number of rotatable bonds is 5. The van der Waals surface area contributed by atoms with Crippen molar-refractivity contribution in [2.75, 3.05) is 31.7 Å². The molecule has 3 rings (SSSR count). The van der Waals surface area contributed by atoms with Gasteiger partial charge in [0.25, 0.3) is 0 Å². The zero-order valence-corrected chi connectivity index (χ0v) is 15.6. The standard InChI is InChI=1S/C21H24N2O4/c1-15-12-18(8-9-19(15)16(2)24)23-20(25)22-13-21(14-26-10-11-27-21)17-6-4-3-5-7-17/h3-9,12H,10-11,13-14H2,1-2H3,(H2,22,23,25). The zero-order valence-electron chi connectivity index (χ0n) is 15.6. The first kappa shape index (κ1) is 19.1. The van der Waals surface area contributed by atoms with E-state index in [2.05, 4.69) is 10.6 Å². The predicted octanol–water partition coefficient (Wildman–Crippen LogP) is 3.26. The third kappa shape index (κ3) is 4.53. The van der Waals surface area contributed by atoms with E-state index in [1.807, 2.05) is 37.3 Å². The summed E-state index contributed by atoms with van der Waals surface area (Å²) in [6.07, 6.45) is 0. The molecule has 6 nitrogen and oxygen atoms in total. The number of ether oxygens (including phenoxy) is 2. The monoisotopic (exact) mass is 368 g/mol. The van der Waals surface area contributed by atoms with Crippen LogP contribution >= 0.6 is 0 Å². The van der Waals surface area contributed by atoms with E-state index >= 15 is 0 Å². The normalized spacial score (nSPS) is 19.3. The summed E-state index contributed by atoms with van der Waals surface area (Å²) in [6.45, 7) is 5.05. The molecule has 1 unspecified atom stereocenters. The molecule has 0 bridgehead atoms. The summed E-state index contributed by atoms with van der Waals surface area (Å²) in [4.78, 5) is 23.9. The Morgan fingerprint density at radius 3 is 2.52 bits per heavy atom. The van der Waals surface area contributed by atoms with Crippen molar-refractivity contribution in [2.45, 2.75) is 19.4 Å². The second kappa shape index (κ2) is 8.33. The number of urea groups is 1. The van der Waals surface area contributed by atoms with Gasteiger partial charge in [-0.05, 0) is 43.2 Å². The molecule has 1 saturated heterocycles. The van der Waals surface area contributed by atoms with E-state index in [0.717, 1.165) is 11.1 Å². The Morgan fingerprint density at radius 1 is 1.11 bits per heavy atom. The fraction of sp³-hybridized carbons (Fsp3) is 0.333. The summed E-state index contributed by atoms with van der Waals surface area (Å²) < 4.78 is 11.6. The Morgan fingerprint density at radius 2 is 1.89 bits per heavy atom.